The lowest BCUT2D eigenvalue weighted by Gasteiger charge is -2.35. The summed E-state index contributed by atoms with van der Waals surface area (Å²) >= 11 is 6.28. The van der Waals surface area contributed by atoms with Crippen LogP contribution in [0.15, 0.2) is 54.7 Å². The molecule has 0 aliphatic carbocycles. The van der Waals surface area contributed by atoms with Gasteiger partial charge in [0.1, 0.15) is 11.6 Å². The zero-order chi connectivity index (χ0) is 27.7. The van der Waals surface area contributed by atoms with E-state index in [2.05, 4.69) is 56.8 Å². The number of anilines is 1. The van der Waals surface area contributed by atoms with Gasteiger partial charge in [-0.25, -0.2) is 14.6 Å². The van der Waals surface area contributed by atoms with Gasteiger partial charge in [-0.3, -0.25) is 4.79 Å². The van der Waals surface area contributed by atoms with Crippen molar-refractivity contribution >= 4 is 34.4 Å². The first kappa shape index (κ1) is 27.1. The van der Waals surface area contributed by atoms with Gasteiger partial charge >= 0.3 is 0 Å². The zero-order valence-electron chi connectivity index (χ0n) is 23.5. The van der Waals surface area contributed by atoms with Crippen LogP contribution in [0.2, 0.25) is 5.02 Å². The van der Waals surface area contributed by atoms with E-state index in [0.29, 0.717) is 37.1 Å². The van der Waals surface area contributed by atoms with Gasteiger partial charge in [0, 0.05) is 43.2 Å². The van der Waals surface area contributed by atoms with Crippen LogP contribution in [-0.4, -0.2) is 56.7 Å². The Bertz CT molecular complexity index is 1460. The second kappa shape index (κ2) is 11.0. The lowest BCUT2D eigenvalue weighted by Crippen LogP contribution is -2.49. The number of hydrogen-bond donors (Lipinski definition) is 0. The Morgan fingerprint density at radius 3 is 2.36 bits per heavy atom. The maximum absolute atomic E-state index is 13.3. The predicted molar refractivity (Wildman–Crippen MR) is 158 cm³/mol. The van der Waals surface area contributed by atoms with Gasteiger partial charge in [-0.05, 0) is 53.6 Å². The summed E-state index contributed by atoms with van der Waals surface area (Å²) in [6.45, 7) is 13.6. The molecule has 8 heteroatoms. The average Bonchev–Trinajstić information content (AvgIpc) is 3.35. The molecule has 4 aromatic rings. The molecule has 2 aromatic heterocycles. The Morgan fingerprint density at radius 2 is 1.72 bits per heavy atom. The molecule has 3 heterocycles. The van der Waals surface area contributed by atoms with Crippen molar-refractivity contribution in [2.45, 2.75) is 52.9 Å². The zero-order valence-corrected chi connectivity index (χ0v) is 24.2. The Morgan fingerprint density at radius 1 is 1.00 bits per heavy atom. The van der Waals surface area contributed by atoms with E-state index in [1.165, 1.54) is 5.56 Å². The minimum absolute atomic E-state index is 0.0602. The molecule has 0 N–H and O–H groups in total. The number of carbonyl (C=O) groups excluding carboxylic acids is 1. The van der Waals surface area contributed by atoms with Gasteiger partial charge in [0.05, 0.1) is 17.3 Å². The van der Waals surface area contributed by atoms with Crippen molar-refractivity contribution in [3.8, 4) is 5.69 Å². The van der Waals surface area contributed by atoms with E-state index in [0.717, 1.165) is 46.8 Å². The molecule has 1 fully saturated rings. The summed E-state index contributed by atoms with van der Waals surface area (Å²) < 4.78 is 1.84. The number of rotatable bonds is 6. The van der Waals surface area contributed by atoms with Crippen LogP contribution in [-0.2, 0) is 11.8 Å². The molecule has 0 bridgehead atoms. The van der Waals surface area contributed by atoms with E-state index in [9.17, 15) is 4.79 Å². The van der Waals surface area contributed by atoms with Crippen LogP contribution >= 0.6 is 11.6 Å². The quantitative estimate of drug-likeness (QED) is 0.284. The molecule has 1 saturated heterocycles. The number of aryl methyl sites for hydroxylation is 1. The first-order chi connectivity index (χ1) is 18.6. The summed E-state index contributed by atoms with van der Waals surface area (Å²) in [6, 6.07) is 15.7. The van der Waals surface area contributed by atoms with Crippen LogP contribution in [0.4, 0.5) is 5.82 Å². The fourth-order valence-corrected chi connectivity index (χ4v) is 5.11. The number of halogens is 1. The highest BCUT2D eigenvalue weighted by molar-refractivity contribution is 6.30. The molecular weight excluding hydrogens is 508 g/mol. The van der Waals surface area contributed by atoms with Crippen molar-refractivity contribution < 1.29 is 4.79 Å². The molecule has 7 nitrogen and oxygen atoms in total. The van der Waals surface area contributed by atoms with Gasteiger partial charge in [-0.15, -0.1) is 0 Å². The van der Waals surface area contributed by atoms with Gasteiger partial charge in [-0.2, -0.15) is 5.10 Å². The van der Waals surface area contributed by atoms with Crippen LogP contribution in [0.3, 0.4) is 0 Å². The number of fused-ring (bicyclic) bond motifs is 1. The van der Waals surface area contributed by atoms with Gasteiger partial charge < -0.3 is 9.80 Å². The second-order valence-electron chi connectivity index (χ2n) is 11.8. The van der Waals surface area contributed by atoms with E-state index in [1.54, 1.807) is 0 Å². The third kappa shape index (κ3) is 5.93. The van der Waals surface area contributed by atoms with Crippen molar-refractivity contribution in [3.05, 3.63) is 76.7 Å². The van der Waals surface area contributed by atoms with Crippen molar-refractivity contribution in [1.29, 1.82) is 0 Å². The van der Waals surface area contributed by atoms with E-state index in [4.69, 9.17) is 21.6 Å². The Labute approximate surface area is 235 Å². The molecule has 0 saturated carbocycles. The van der Waals surface area contributed by atoms with Gasteiger partial charge in [0.25, 0.3) is 5.91 Å². The monoisotopic (exact) mass is 544 g/mol. The molecule has 0 atom stereocenters. The first-order valence-corrected chi connectivity index (χ1v) is 14.1. The van der Waals surface area contributed by atoms with E-state index < -0.39 is 0 Å². The van der Waals surface area contributed by atoms with Gasteiger partial charge in [0.15, 0.2) is 5.65 Å². The number of hydrogen-bond acceptors (Lipinski definition) is 5. The predicted octanol–water partition coefficient (Wildman–Crippen LogP) is 6.32. The highest BCUT2D eigenvalue weighted by Crippen LogP contribution is 2.28. The third-order valence-electron chi connectivity index (χ3n) is 7.32. The van der Waals surface area contributed by atoms with E-state index >= 15 is 0 Å². The fraction of sp³-hybridized carbons (Fsp3) is 0.419. The number of carbonyl (C=O) groups is 1. The average molecular weight is 545 g/mol. The lowest BCUT2D eigenvalue weighted by atomic mass is 9.86. The molecule has 0 spiro atoms. The van der Waals surface area contributed by atoms with Crippen molar-refractivity contribution in [1.82, 2.24) is 24.6 Å². The molecule has 1 amide bonds. The summed E-state index contributed by atoms with van der Waals surface area (Å²) in [5, 5.41) is 6.23. The smallest absolute Gasteiger partial charge is 0.253 e. The Hall–Kier alpha value is -3.45. The molecule has 39 heavy (non-hydrogen) atoms. The number of benzene rings is 2. The van der Waals surface area contributed by atoms with Crippen molar-refractivity contribution in [2.75, 3.05) is 31.1 Å². The van der Waals surface area contributed by atoms with Crippen molar-refractivity contribution in [2.24, 2.45) is 5.92 Å². The fourth-order valence-electron chi connectivity index (χ4n) is 4.92. The summed E-state index contributed by atoms with van der Waals surface area (Å²) in [6.07, 6.45) is 3.64. The molecule has 204 valence electrons. The molecule has 2 aromatic carbocycles. The summed E-state index contributed by atoms with van der Waals surface area (Å²) in [4.78, 5) is 27.4. The van der Waals surface area contributed by atoms with Crippen LogP contribution < -0.4 is 4.90 Å². The van der Waals surface area contributed by atoms with Gasteiger partial charge in [0.2, 0.25) is 0 Å². The minimum atomic E-state index is 0.0602. The summed E-state index contributed by atoms with van der Waals surface area (Å²) in [5.41, 5.74) is 3.66. The van der Waals surface area contributed by atoms with Crippen LogP contribution in [0.1, 0.15) is 62.8 Å². The minimum Gasteiger partial charge on any atom is -0.352 e. The standard InChI is InChI=1S/C31H37ClN6O/c1-21(2)9-14-27-34-28(26-20-33-38(29(26)35-27)25-8-6-7-24(32)19-25)36-15-17-37(18-16-36)30(39)22-10-12-23(13-11-22)31(3,4)5/h6-8,10-13,19-21H,9,14-18H2,1-5H3. The van der Waals surface area contributed by atoms with Crippen LogP contribution in [0, 0.1) is 5.92 Å². The summed E-state index contributed by atoms with van der Waals surface area (Å²) in [5.74, 6) is 2.33. The molecule has 0 unspecified atom stereocenters. The highest BCUT2D eigenvalue weighted by Gasteiger charge is 2.26. The number of amides is 1. The first-order valence-electron chi connectivity index (χ1n) is 13.8. The maximum atomic E-state index is 13.3. The van der Waals surface area contributed by atoms with Crippen molar-refractivity contribution in [3.63, 3.8) is 0 Å². The van der Waals surface area contributed by atoms with Crippen LogP contribution in [0.25, 0.3) is 16.7 Å². The maximum Gasteiger partial charge on any atom is 0.253 e. The normalized spacial score (nSPS) is 14.4. The largest absolute Gasteiger partial charge is 0.352 e. The molecule has 0 radical (unpaired) electrons. The topological polar surface area (TPSA) is 67.2 Å². The lowest BCUT2D eigenvalue weighted by molar-refractivity contribution is 0.0746. The van der Waals surface area contributed by atoms with Gasteiger partial charge in [-0.1, -0.05) is 64.4 Å². The number of aromatic nitrogens is 4. The molecule has 1 aliphatic heterocycles. The second-order valence-corrected chi connectivity index (χ2v) is 12.2. The van der Waals surface area contributed by atoms with Crippen LogP contribution in [0.5, 0.6) is 0 Å². The molecule has 5 rings (SSSR count). The number of nitrogens with zero attached hydrogens (tertiary/aromatic N) is 6. The third-order valence-corrected chi connectivity index (χ3v) is 7.55. The Balaban J connectivity index is 1.39. The summed E-state index contributed by atoms with van der Waals surface area (Å²) in [7, 11) is 0. The molecule has 1 aliphatic rings. The van der Waals surface area contributed by atoms with E-state index in [1.807, 2.05) is 52.2 Å². The SMILES string of the molecule is CC(C)CCc1nc(N2CCN(C(=O)c3ccc(C(C)(C)C)cc3)CC2)c2cnn(-c3cccc(Cl)c3)c2n1. The number of piperazine rings is 1. The Kier molecular flexibility index (Phi) is 7.63. The molecular formula is C31H37ClN6O. The highest BCUT2D eigenvalue weighted by atomic mass is 35.5. The van der Waals surface area contributed by atoms with E-state index in [-0.39, 0.29) is 11.3 Å².